The quantitative estimate of drug-likeness (QED) is 0.878. The molecule has 4 heteroatoms. The molecule has 1 aliphatic heterocycles. The molecule has 1 heterocycles. The molecule has 2 unspecified atom stereocenters. The maximum atomic E-state index is 11.9. The zero-order valence-corrected chi connectivity index (χ0v) is 10.8. The molecule has 18 heavy (non-hydrogen) atoms. The van der Waals surface area contributed by atoms with E-state index in [1.165, 1.54) is 0 Å². The third-order valence-electron chi connectivity index (χ3n) is 3.68. The molecule has 0 bridgehead atoms. The van der Waals surface area contributed by atoms with E-state index in [-0.39, 0.29) is 24.5 Å². The van der Waals surface area contributed by atoms with E-state index in [1.807, 2.05) is 36.1 Å². The smallest absolute Gasteiger partial charge is 0.223 e. The summed E-state index contributed by atoms with van der Waals surface area (Å²) in [6, 6.07) is 7.81. The van der Waals surface area contributed by atoms with E-state index < -0.39 is 0 Å². The van der Waals surface area contributed by atoms with E-state index in [2.05, 4.69) is 0 Å². The first-order valence-corrected chi connectivity index (χ1v) is 6.19. The van der Waals surface area contributed by atoms with Gasteiger partial charge in [0.25, 0.3) is 0 Å². The number of hydrogen-bond acceptors (Lipinski definition) is 3. The second-order valence-electron chi connectivity index (χ2n) is 4.76. The molecule has 0 spiro atoms. The summed E-state index contributed by atoms with van der Waals surface area (Å²) in [6.07, 6.45) is 0.452. The van der Waals surface area contributed by atoms with Crippen molar-refractivity contribution in [3.63, 3.8) is 0 Å². The first kappa shape index (κ1) is 12.9. The summed E-state index contributed by atoms with van der Waals surface area (Å²) in [7, 11) is 1.63. The minimum atomic E-state index is 0.0655. The number of aliphatic hydroxyl groups is 1. The van der Waals surface area contributed by atoms with Gasteiger partial charge in [-0.05, 0) is 24.6 Å². The van der Waals surface area contributed by atoms with E-state index in [0.717, 1.165) is 11.3 Å². The molecule has 98 valence electrons. The van der Waals surface area contributed by atoms with Gasteiger partial charge in [0.15, 0.2) is 0 Å². The molecule has 0 saturated carbocycles. The molecule has 1 aliphatic rings. The van der Waals surface area contributed by atoms with Gasteiger partial charge >= 0.3 is 0 Å². The predicted octanol–water partition coefficient (Wildman–Crippen LogP) is 1.42. The highest BCUT2D eigenvalue weighted by atomic mass is 16.5. The van der Waals surface area contributed by atoms with E-state index in [4.69, 9.17) is 4.74 Å². The van der Waals surface area contributed by atoms with Crippen molar-refractivity contribution in [2.75, 3.05) is 13.7 Å². The van der Waals surface area contributed by atoms with E-state index >= 15 is 0 Å². The van der Waals surface area contributed by atoms with Crippen LogP contribution in [0.5, 0.6) is 5.75 Å². The van der Waals surface area contributed by atoms with Crippen molar-refractivity contribution in [1.82, 2.24) is 4.90 Å². The van der Waals surface area contributed by atoms with Crippen molar-refractivity contribution < 1.29 is 14.6 Å². The number of amides is 1. The lowest BCUT2D eigenvalue weighted by Gasteiger charge is -2.24. The number of aliphatic hydroxyl groups excluding tert-OH is 1. The average molecular weight is 249 g/mol. The molecule has 1 aromatic carbocycles. The first-order chi connectivity index (χ1) is 8.65. The van der Waals surface area contributed by atoms with Gasteiger partial charge in [0.1, 0.15) is 5.75 Å². The summed E-state index contributed by atoms with van der Waals surface area (Å²) in [5, 5.41) is 9.21. The Balaban J connectivity index is 2.06. The zero-order chi connectivity index (χ0) is 13.1. The van der Waals surface area contributed by atoms with Gasteiger partial charge in [-0.2, -0.15) is 0 Å². The lowest BCUT2D eigenvalue weighted by atomic mass is 10.0. The van der Waals surface area contributed by atoms with Crippen LogP contribution in [-0.4, -0.2) is 35.7 Å². The average Bonchev–Trinajstić information content (AvgIpc) is 2.67. The fourth-order valence-electron chi connectivity index (χ4n) is 2.37. The highest BCUT2D eigenvalue weighted by Gasteiger charge is 2.35. The number of ether oxygens (including phenoxy) is 1. The van der Waals surface area contributed by atoms with E-state index in [9.17, 15) is 9.90 Å². The fraction of sp³-hybridized carbons (Fsp3) is 0.500. The summed E-state index contributed by atoms with van der Waals surface area (Å²) >= 11 is 0. The first-order valence-electron chi connectivity index (χ1n) is 6.19. The highest BCUT2D eigenvalue weighted by molar-refractivity contribution is 5.79. The van der Waals surface area contributed by atoms with Crippen molar-refractivity contribution in [3.05, 3.63) is 29.8 Å². The molecule has 1 amide bonds. The minimum Gasteiger partial charge on any atom is -0.497 e. The van der Waals surface area contributed by atoms with Crippen LogP contribution in [0.3, 0.4) is 0 Å². The van der Waals surface area contributed by atoms with Crippen molar-refractivity contribution in [2.45, 2.75) is 25.9 Å². The van der Waals surface area contributed by atoms with Gasteiger partial charge in [-0.25, -0.2) is 0 Å². The zero-order valence-electron chi connectivity index (χ0n) is 10.8. The number of rotatable bonds is 4. The van der Waals surface area contributed by atoms with Crippen LogP contribution in [0, 0.1) is 5.92 Å². The van der Waals surface area contributed by atoms with Crippen LogP contribution in [0.1, 0.15) is 18.9 Å². The number of nitrogens with zero attached hydrogens (tertiary/aromatic N) is 1. The fourth-order valence-corrected chi connectivity index (χ4v) is 2.37. The van der Waals surface area contributed by atoms with Crippen LogP contribution in [0.15, 0.2) is 24.3 Å². The Morgan fingerprint density at radius 1 is 1.39 bits per heavy atom. The van der Waals surface area contributed by atoms with Crippen molar-refractivity contribution in [1.29, 1.82) is 0 Å². The third-order valence-corrected chi connectivity index (χ3v) is 3.68. The summed E-state index contributed by atoms with van der Waals surface area (Å²) in [6.45, 7) is 2.67. The topological polar surface area (TPSA) is 49.8 Å². The van der Waals surface area contributed by atoms with Gasteiger partial charge in [0, 0.05) is 31.5 Å². The Labute approximate surface area is 107 Å². The van der Waals surface area contributed by atoms with E-state index in [1.54, 1.807) is 7.11 Å². The summed E-state index contributed by atoms with van der Waals surface area (Å²) in [4.78, 5) is 13.7. The molecule has 0 aliphatic carbocycles. The number of benzene rings is 1. The molecule has 2 rings (SSSR count). The molecule has 4 nitrogen and oxygen atoms in total. The summed E-state index contributed by atoms with van der Waals surface area (Å²) in [5.74, 6) is 1.00. The van der Waals surface area contributed by atoms with Crippen LogP contribution in [0.2, 0.25) is 0 Å². The van der Waals surface area contributed by atoms with Gasteiger partial charge in [-0.3, -0.25) is 4.79 Å². The summed E-state index contributed by atoms with van der Waals surface area (Å²) in [5.41, 5.74) is 1.08. The van der Waals surface area contributed by atoms with Gasteiger partial charge in [0.2, 0.25) is 5.91 Å². The molecular formula is C14H19NO3. The third kappa shape index (κ3) is 2.48. The largest absolute Gasteiger partial charge is 0.497 e. The Kier molecular flexibility index (Phi) is 3.87. The minimum absolute atomic E-state index is 0.0655. The van der Waals surface area contributed by atoms with Gasteiger partial charge < -0.3 is 14.7 Å². The number of carbonyl (C=O) groups excluding carboxylic acids is 1. The van der Waals surface area contributed by atoms with Gasteiger partial charge in [0.05, 0.1) is 7.11 Å². The van der Waals surface area contributed by atoms with Crippen LogP contribution in [-0.2, 0) is 11.3 Å². The second kappa shape index (κ2) is 5.40. The lowest BCUT2D eigenvalue weighted by Crippen LogP contribution is -2.33. The SMILES string of the molecule is COc1ccc(CN2C(=O)CC(CO)C2C)cc1. The molecule has 1 saturated heterocycles. The molecule has 0 radical (unpaired) electrons. The number of carbonyl (C=O) groups is 1. The van der Waals surface area contributed by atoms with Crippen LogP contribution in [0.25, 0.3) is 0 Å². The Morgan fingerprint density at radius 2 is 2.06 bits per heavy atom. The predicted molar refractivity (Wildman–Crippen MR) is 68.2 cm³/mol. The molecule has 1 N–H and O–H groups in total. The monoisotopic (exact) mass is 249 g/mol. The Morgan fingerprint density at radius 3 is 2.56 bits per heavy atom. The maximum Gasteiger partial charge on any atom is 0.223 e. The second-order valence-corrected chi connectivity index (χ2v) is 4.76. The maximum absolute atomic E-state index is 11.9. The molecule has 2 atom stereocenters. The van der Waals surface area contributed by atoms with Crippen LogP contribution >= 0.6 is 0 Å². The number of methoxy groups -OCH3 is 1. The molecule has 0 aromatic heterocycles. The number of hydrogen-bond donors (Lipinski definition) is 1. The summed E-state index contributed by atoms with van der Waals surface area (Å²) < 4.78 is 5.10. The van der Waals surface area contributed by atoms with Crippen molar-refractivity contribution in [2.24, 2.45) is 5.92 Å². The van der Waals surface area contributed by atoms with E-state index in [0.29, 0.717) is 13.0 Å². The highest BCUT2D eigenvalue weighted by Crippen LogP contribution is 2.27. The van der Waals surface area contributed by atoms with Gasteiger partial charge in [-0.15, -0.1) is 0 Å². The van der Waals surface area contributed by atoms with Crippen molar-refractivity contribution in [3.8, 4) is 5.75 Å². The normalized spacial score (nSPS) is 23.5. The van der Waals surface area contributed by atoms with Gasteiger partial charge in [-0.1, -0.05) is 12.1 Å². The molecule has 1 aromatic rings. The van der Waals surface area contributed by atoms with Crippen molar-refractivity contribution >= 4 is 5.91 Å². The lowest BCUT2D eigenvalue weighted by molar-refractivity contribution is -0.129. The van der Waals surface area contributed by atoms with Crippen LogP contribution < -0.4 is 4.74 Å². The molecular weight excluding hydrogens is 230 g/mol. The van der Waals surface area contributed by atoms with Crippen LogP contribution in [0.4, 0.5) is 0 Å². The molecule has 1 fully saturated rings. The number of likely N-dealkylation sites (tertiary alicyclic amines) is 1. The Bertz CT molecular complexity index is 416. The Hall–Kier alpha value is -1.55. The standard InChI is InChI=1S/C14H19NO3/c1-10-12(9-16)7-14(17)15(10)8-11-3-5-13(18-2)6-4-11/h3-6,10,12,16H,7-9H2,1-2H3.